The average molecular weight is 818 g/mol. The van der Waals surface area contributed by atoms with Crippen molar-refractivity contribution in [3.05, 3.63) is 12.2 Å². The second-order valence-electron chi connectivity index (χ2n) is 15.5. The van der Waals surface area contributed by atoms with Gasteiger partial charge in [0, 0.05) is 12.8 Å². The Kier molecular flexibility index (Phi) is 38.7. The van der Waals surface area contributed by atoms with Crippen molar-refractivity contribution in [1.82, 2.24) is 0 Å². The highest BCUT2D eigenvalue weighted by atomic mass is 31.2. The summed E-state index contributed by atoms with van der Waals surface area (Å²) in [6.07, 6.45) is 39.8. The number of ether oxygens (including phenoxy) is 2. The van der Waals surface area contributed by atoms with Gasteiger partial charge in [0.2, 0.25) is 0 Å². The number of carbonyl (C=O) groups excluding carboxylic acids is 2. The first kappa shape index (κ1) is 54.2. The van der Waals surface area contributed by atoms with E-state index in [-0.39, 0.29) is 19.4 Å². The monoisotopic (exact) mass is 818 g/mol. The van der Waals surface area contributed by atoms with Gasteiger partial charge in [-0.15, -0.1) is 0 Å². The van der Waals surface area contributed by atoms with E-state index in [1.807, 2.05) is 0 Å². The van der Waals surface area contributed by atoms with Gasteiger partial charge in [0.05, 0.1) is 13.2 Å². The van der Waals surface area contributed by atoms with Crippen LogP contribution in [0.2, 0.25) is 0 Å². The first-order chi connectivity index (χ1) is 27.1. The molecule has 0 bridgehead atoms. The molecule has 0 aliphatic heterocycles. The predicted octanol–water partition coefficient (Wildman–Crippen LogP) is 12.1. The molecule has 3 atom stereocenters. The third-order valence-electron chi connectivity index (χ3n) is 10.0. The molecule has 12 heteroatoms. The van der Waals surface area contributed by atoms with E-state index in [4.69, 9.17) is 24.8 Å². The van der Waals surface area contributed by atoms with E-state index < -0.39 is 51.1 Å². The van der Waals surface area contributed by atoms with Gasteiger partial charge in [-0.1, -0.05) is 180 Å². The molecule has 0 aliphatic carbocycles. The van der Waals surface area contributed by atoms with E-state index >= 15 is 0 Å². The summed E-state index contributed by atoms with van der Waals surface area (Å²) in [5.41, 5.74) is 5.34. The van der Waals surface area contributed by atoms with E-state index in [0.717, 1.165) is 44.9 Å². The Morgan fingerprint density at radius 1 is 0.536 bits per heavy atom. The molecule has 0 fully saturated rings. The highest BCUT2D eigenvalue weighted by Gasteiger charge is 2.28. The summed E-state index contributed by atoms with van der Waals surface area (Å²) < 4.78 is 32.7. The van der Waals surface area contributed by atoms with Crippen LogP contribution in [0.4, 0.5) is 0 Å². The fourth-order valence-corrected chi connectivity index (χ4v) is 7.19. The third kappa shape index (κ3) is 39.1. The highest BCUT2D eigenvalue weighted by molar-refractivity contribution is 7.47. The summed E-state index contributed by atoms with van der Waals surface area (Å²) in [7, 11) is -4.71. The Bertz CT molecular complexity index is 1010. The van der Waals surface area contributed by atoms with Crippen LogP contribution in [0, 0.1) is 0 Å². The lowest BCUT2D eigenvalue weighted by molar-refractivity contribution is -0.161. The van der Waals surface area contributed by atoms with Gasteiger partial charge >= 0.3 is 25.7 Å². The Morgan fingerprint density at radius 3 is 1.32 bits per heavy atom. The molecule has 0 aromatic heterocycles. The quantitative estimate of drug-likeness (QED) is 0.0231. The highest BCUT2D eigenvalue weighted by Crippen LogP contribution is 2.43. The number of unbranched alkanes of at least 4 members (excludes halogenated alkanes) is 27. The molecule has 0 radical (unpaired) electrons. The molecule has 0 saturated heterocycles. The molecule has 0 aliphatic rings. The van der Waals surface area contributed by atoms with Crippen molar-refractivity contribution in [3.8, 4) is 0 Å². The molecule has 330 valence electrons. The van der Waals surface area contributed by atoms with Crippen molar-refractivity contribution in [2.75, 3.05) is 19.8 Å². The van der Waals surface area contributed by atoms with Crippen LogP contribution >= 0.6 is 7.82 Å². The zero-order valence-electron chi connectivity index (χ0n) is 35.7. The molecule has 0 spiro atoms. The number of esters is 2. The molecule has 4 N–H and O–H groups in total. The third-order valence-corrected chi connectivity index (χ3v) is 11.0. The molecule has 0 heterocycles. The van der Waals surface area contributed by atoms with Crippen molar-refractivity contribution >= 4 is 25.7 Å². The minimum atomic E-state index is -4.71. The zero-order chi connectivity index (χ0) is 41.4. The molecule has 0 rings (SSSR count). The van der Waals surface area contributed by atoms with Gasteiger partial charge < -0.3 is 25.2 Å². The minimum Gasteiger partial charge on any atom is -0.480 e. The maximum Gasteiger partial charge on any atom is 0.472 e. The standard InChI is InChI=1S/C44H84NO10P/c1-3-5-7-9-11-13-15-17-19-20-22-24-26-28-30-32-34-36-43(47)55-40(38-53-56(50,51)54-39-41(45)44(48)49)37-52-42(46)35-33-31-29-27-25-23-21-18-16-14-12-10-8-6-4-2/h14,16,40-41H,3-13,15,17-39,45H2,1-2H3,(H,48,49)(H,50,51)/b16-14+/t40-,41+/m1/s1. The van der Waals surface area contributed by atoms with Crippen LogP contribution in [0.25, 0.3) is 0 Å². The lowest BCUT2D eigenvalue weighted by Gasteiger charge is -2.20. The average Bonchev–Trinajstić information content (AvgIpc) is 3.17. The van der Waals surface area contributed by atoms with Crippen LogP contribution in [0.15, 0.2) is 12.2 Å². The number of carboxylic acids is 1. The van der Waals surface area contributed by atoms with Crippen LogP contribution in [0.3, 0.4) is 0 Å². The smallest absolute Gasteiger partial charge is 0.472 e. The maximum atomic E-state index is 12.6. The van der Waals surface area contributed by atoms with E-state index in [9.17, 15) is 23.8 Å². The van der Waals surface area contributed by atoms with Gasteiger partial charge in [-0.05, 0) is 38.5 Å². The zero-order valence-corrected chi connectivity index (χ0v) is 36.6. The summed E-state index contributed by atoms with van der Waals surface area (Å²) >= 11 is 0. The first-order valence-corrected chi connectivity index (χ1v) is 24.2. The summed E-state index contributed by atoms with van der Waals surface area (Å²) in [6.45, 7) is 2.82. The first-order valence-electron chi connectivity index (χ1n) is 22.7. The number of phosphoric acid groups is 1. The van der Waals surface area contributed by atoms with Crippen LogP contribution in [-0.4, -0.2) is 59.9 Å². The molecule has 0 aromatic carbocycles. The fraction of sp³-hybridized carbons (Fsp3) is 0.886. The minimum absolute atomic E-state index is 0.166. The summed E-state index contributed by atoms with van der Waals surface area (Å²) in [4.78, 5) is 46.0. The van der Waals surface area contributed by atoms with E-state index in [0.29, 0.717) is 12.8 Å². The number of carbonyl (C=O) groups is 3. The fourth-order valence-electron chi connectivity index (χ4n) is 6.41. The number of carboxylic acid groups (broad SMARTS) is 1. The van der Waals surface area contributed by atoms with Gasteiger partial charge in [-0.2, -0.15) is 0 Å². The maximum absolute atomic E-state index is 12.6. The summed E-state index contributed by atoms with van der Waals surface area (Å²) in [5.74, 6) is -2.37. The van der Waals surface area contributed by atoms with Gasteiger partial charge in [0.15, 0.2) is 6.10 Å². The Labute approximate surface area is 341 Å². The second-order valence-corrected chi connectivity index (χ2v) is 17.0. The Hall–Kier alpha value is -1.78. The number of hydrogen-bond acceptors (Lipinski definition) is 9. The van der Waals surface area contributed by atoms with Crippen molar-refractivity contribution < 1.29 is 47.5 Å². The van der Waals surface area contributed by atoms with Crippen molar-refractivity contribution in [2.24, 2.45) is 5.73 Å². The largest absolute Gasteiger partial charge is 0.480 e. The SMILES string of the molecule is CCCCCC/C=C/CCCCCCCCCC(=O)OC[C@H](COP(=O)(O)OC[C@H](N)C(=O)O)OC(=O)CCCCCCCCCCCCCCCCCCC. The molecule has 0 aromatic rings. The molecule has 1 unspecified atom stereocenters. The summed E-state index contributed by atoms with van der Waals surface area (Å²) in [6, 6.07) is -1.52. The van der Waals surface area contributed by atoms with E-state index in [1.54, 1.807) is 0 Å². The van der Waals surface area contributed by atoms with Crippen molar-refractivity contribution in [1.29, 1.82) is 0 Å². The summed E-state index contributed by atoms with van der Waals surface area (Å²) in [5, 5.41) is 8.89. The van der Waals surface area contributed by atoms with Crippen molar-refractivity contribution in [2.45, 2.75) is 231 Å². The Balaban J connectivity index is 4.31. The van der Waals surface area contributed by atoms with Gasteiger partial charge in [-0.3, -0.25) is 23.4 Å². The van der Waals surface area contributed by atoms with Crippen LogP contribution < -0.4 is 5.73 Å². The number of rotatable bonds is 43. The molecular formula is C44H84NO10P. The number of hydrogen-bond donors (Lipinski definition) is 3. The number of aliphatic carboxylic acids is 1. The molecular weight excluding hydrogens is 733 g/mol. The normalized spacial score (nSPS) is 13.8. The lowest BCUT2D eigenvalue weighted by atomic mass is 10.0. The van der Waals surface area contributed by atoms with Gasteiger partial charge in [0.1, 0.15) is 12.6 Å². The van der Waals surface area contributed by atoms with Gasteiger partial charge in [-0.25, -0.2) is 4.57 Å². The second kappa shape index (κ2) is 40.0. The topological polar surface area (TPSA) is 172 Å². The van der Waals surface area contributed by atoms with Gasteiger partial charge in [0.25, 0.3) is 0 Å². The van der Waals surface area contributed by atoms with Crippen molar-refractivity contribution in [3.63, 3.8) is 0 Å². The van der Waals surface area contributed by atoms with Crippen LogP contribution in [0.1, 0.15) is 219 Å². The van der Waals surface area contributed by atoms with Crippen LogP contribution in [0.5, 0.6) is 0 Å². The van der Waals surface area contributed by atoms with E-state index in [1.165, 1.54) is 135 Å². The Morgan fingerprint density at radius 2 is 0.893 bits per heavy atom. The molecule has 56 heavy (non-hydrogen) atoms. The molecule has 0 saturated carbocycles. The number of phosphoric ester groups is 1. The van der Waals surface area contributed by atoms with E-state index in [2.05, 4.69) is 30.5 Å². The van der Waals surface area contributed by atoms with Crippen LogP contribution in [-0.2, 0) is 37.5 Å². The lowest BCUT2D eigenvalue weighted by Crippen LogP contribution is -2.34. The predicted molar refractivity (Wildman–Crippen MR) is 226 cm³/mol. The molecule has 0 amide bonds. The number of nitrogens with two attached hydrogens (primary N) is 1. The number of allylic oxidation sites excluding steroid dienone is 2. The molecule has 11 nitrogen and oxygen atoms in total.